The molecule has 4 rings (SSSR count). The van der Waals surface area contributed by atoms with Crippen molar-refractivity contribution in [2.45, 2.75) is 36.4 Å². The number of rotatable bonds is 9. The highest BCUT2D eigenvalue weighted by Crippen LogP contribution is 2.32. The summed E-state index contributed by atoms with van der Waals surface area (Å²) < 4.78 is 9.38. The van der Waals surface area contributed by atoms with Gasteiger partial charge in [-0.3, -0.25) is 14.3 Å². The third kappa shape index (κ3) is 4.41. The normalized spacial score (nSPS) is 11.2. The van der Waals surface area contributed by atoms with E-state index in [4.69, 9.17) is 4.74 Å². The maximum absolute atomic E-state index is 12.4. The summed E-state index contributed by atoms with van der Waals surface area (Å²) in [6.07, 6.45) is 1.76. The third-order valence-electron chi connectivity index (χ3n) is 4.92. The number of anilines is 2. The van der Waals surface area contributed by atoms with Gasteiger partial charge in [-0.1, -0.05) is 48.6 Å². The van der Waals surface area contributed by atoms with Gasteiger partial charge in [0.1, 0.15) is 11.6 Å². The lowest BCUT2D eigenvalue weighted by molar-refractivity contribution is 0.417. The van der Waals surface area contributed by atoms with E-state index in [1.807, 2.05) is 31.2 Å². The van der Waals surface area contributed by atoms with Crippen LogP contribution in [0.4, 0.5) is 10.8 Å². The second-order valence-electron chi connectivity index (χ2n) is 7.01. The number of benzene rings is 1. The van der Waals surface area contributed by atoms with E-state index in [1.54, 1.807) is 18.7 Å². The van der Waals surface area contributed by atoms with Crippen LogP contribution in [0.5, 0.6) is 5.75 Å². The van der Waals surface area contributed by atoms with Gasteiger partial charge in [0.05, 0.1) is 18.6 Å². The summed E-state index contributed by atoms with van der Waals surface area (Å²) in [5.74, 6) is 1.88. The van der Waals surface area contributed by atoms with Crippen molar-refractivity contribution < 1.29 is 4.74 Å². The van der Waals surface area contributed by atoms with Crippen LogP contribution in [0.25, 0.3) is 11.2 Å². The van der Waals surface area contributed by atoms with Gasteiger partial charge in [0.15, 0.2) is 15.5 Å². The molecule has 0 spiro atoms. The molecule has 0 aliphatic rings. The highest BCUT2D eigenvalue weighted by molar-refractivity contribution is 8.00. The monoisotopic (exact) mass is 473 g/mol. The first-order chi connectivity index (χ1) is 15.5. The number of H-pyrrole nitrogens is 1. The fraction of sp³-hybridized carbons (Fsp3) is 0.350. The van der Waals surface area contributed by atoms with E-state index >= 15 is 0 Å². The Morgan fingerprint density at radius 1 is 1.25 bits per heavy atom. The van der Waals surface area contributed by atoms with E-state index in [1.165, 1.54) is 27.7 Å². The predicted octanol–water partition coefficient (Wildman–Crippen LogP) is 3.12. The number of imidazole rings is 1. The SMILES string of the molecule is CCCCn1c(=O)[nH]c(=O)c2c1nc(CSc1nnc(Nc3ccccc3OC)s1)n2C. The minimum atomic E-state index is -0.428. The van der Waals surface area contributed by atoms with Gasteiger partial charge in [0.2, 0.25) is 5.13 Å². The number of fused-ring (bicyclic) bond motifs is 1. The van der Waals surface area contributed by atoms with E-state index in [-0.39, 0.29) is 0 Å². The molecule has 1 aromatic carbocycles. The zero-order valence-electron chi connectivity index (χ0n) is 17.9. The first-order valence-corrected chi connectivity index (χ1v) is 11.9. The quantitative estimate of drug-likeness (QED) is 0.356. The number of para-hydroxylation sites is 2. The maximum atomic E-state index is 12.4. The molecule has 4 aromatic rings. The van der Waals surface area contributed by atoms with Gasteiger partial charge in [0, 0.05) is 13.6 Å². The number of unbranched alkanes of at least 4 members (excludes halogenated alkanes) is 1. The number of aromatic nitrogens is 6. The minimum absolute atomic E-state index is 0.395. The first-order valence-electron chi connectivity index (χ1n) is 10.1. The Bertz CT molecular complexity index is 1360. The predicted molar refractivity (Wildman–Crippen MR) is 126 cm³/mol. The van der Waals surface area contributed by atoms with Crippen molar-refractivity contribution in [2.24, 2.45) is 7.05 Å². The average molecular weight is 474 g/mol. The van der Waals surface area contributed by atoms with E-state index in [9.17, 15) is 9.59 Å². The number of thioether (sulfide) groups is 1. The Morgan fingerprint density at radius 2 is 2.06 bits per heavy atom. The molecule has 3 heterocycles. The molecule has 0 atom stereocenters. The number of aromatic amines is 1. The molecule has 2 N–H and O–H groups in total. The van der Waals surface area contributed by atoms with E-state index in [2.05, 4.69) is 25.5 Å². The van der Waals surface area contributed by atoms with Gasteiger partial charge < -0.3 is 14.6 Å². The third-order valence-corrected chi connectivity index (χ3v) is 6.89. The van der Waals surface area contributed by atoms with Crippen LogP contribution in [0.15, 0.2) is 38.2 Å². The average Bonchev–Trinajstić information content (AvgIpc) is 3.36. The number of nitrogens with zero attached hydrogens (tertiary/aromatic N) is 5. The molecule has 0 amide bonds. The molecular weight excluding hydrogens is 450 g/mol. The number of ether oxygens (including phenoxy) is 1. The molecule has 0 bridgehead atoms. The summed E-state index contributed by atoms with van der Waals surface area (Å²) in [5.41, 5.74) is 0.767. The topological polar surface area (TPSA) is 120 Å². The van der Waals surface area contributed by atoms with Crippen molar-refractivity contribution in [3.05, 3.63) is 50.9 Å². The van der Waals surface area contributed by atoms with Gasteiger partial charge in [0.25, 0.3) is 5.56 Å². The summed E-state index contributed by atoms with van der Waals surface area (Å²) in [5, 5.41) is 12.3. The summed E-state index contributed by atoms with van der Waals surface area (Å²) in [7, 11) is 3.40. The van der Waals surface area contributed by atoms with Crippen LogP contribution in [0, 0.1) is 0 Å². The second kappa shape index (κ2) is 9.57. The Morgan fingerprint density at radius 3 is 2.84 bits per heavy atom. The molecule has 0 saturated carbocycles. The summed E-state index contributed by atoms with van der Waals surface area (Å²) >= 11 is 2.88. The molecule has 168 valence electrons. The largest absolute Gasteiger partial charge is 0.495 e. The molecular formula is C20H23N7O3S2. The molecule has 32 heavy (non-hydrogen) atoms. The van der Waals surface area contributed by atoms with Crippen molar-refractivity contribution >= 4 is 45.1 Å². The van der Waals surface area contributed by atoms with Crippen molar-refractivity contribution in [3.8, 4) is 5.75 Å². The van der Waals surface area contributed by atoms with E-state index in [0.717, 1.165) is 28.6 Å². The van der Waals surface area contributed by atoms with E-state index < -0.39 is 11.2 Å². The van der Waals surface area contributed by atoms with Crippen LogP contribution in [0.3, 0.4) is 0 Å². The van der Waals surface area contributed by atoms with Crippen molar-refractivity contribution in [2.75, 3.05) is 12.4 Å². The highest BCUT2D eigenvalue weighted by atomic mass is 32.2. The lowest BCUT2D eigenvalue weighted by Gasteiger charge is -2.07. The number of hydrogen-bond acceptors (Lipinski definition) is 9. The molecule has 10 nitrogen and oxygen atoms in total. The summed E-state index contributed by atoms with van der Waals surface area (Å²) in [4.78, 5) is 31.7. The van der Waals surface area contributed by atoms with Crippen LogP contribution in [0.2, 0.25) is 0 Å². The number of hydrogen-bond donors (Lipinski definition) is 2. The maximum Gasteiger partial charge on any atom is 0.330 e. The fourth-order valence-corrected chi connectivity index (χ4v) is 5.00. The lowest BCUT2D eigenvalue weighted by Crippen LogP contribution is -2.31. The van der Waals surface area contributed by atoms with Crippen molar-refractivity contribution in [3.63, 3.8) is 0 Å². The van der Waals surface area contributed by atoms with Gasteiger partial charge in [-0.15, -0.1) is 10.2 Å². The van der Waals surface area contributed by atoms with Crippen LogP contribution < -0.4 is 21.3 Å². The Kier molecular flexibility index (Phi) is 6.61. The first kappa shape index (κ1) is 22.1. The van der Waals surface area contributed by atoms with Crippen molar-refractivity contribution in [1.29, 1.82) is 0 Å². The zero-order chi connectivity index (χ0) is 22.7. The zero-order valence-corrected chi connectivity index (χ0v) is 19.5. The molecule has 0 radical (unpaired) electrons. The standard InChI is InChI=1S/C20H23N7O3S2/c1-4-5-10-27-16-15(17(28)23-19(27)29)26(2)14(22-16)11-31-20-25-24-18(32-20)21-12-8-6-7-9-13(12)30-3/h6-9H,4-5,10-11H2,1-3H3,(H,21,24)(H,23,28,29). The Labute approximate surface area is 191 Å². The molecule has 3 aromatic heterocycles. The Hall–Kier alpha value is -3.12. The molecule has 12 heteroatoms. The smallest absolute Gasteiger partial charge is 0.330 e. The lowest BCUT2D eigenvalue weighted by atomic mass is 10.3. The molecule has 0 aliphatic carbocycles. The number of methoxy groups -OCH3 is 1. The highest BCUT2D eigenvalue weighted by Gasteiger charge is 2.17. The number of nitrogens with one attached hydrogen (secondary N) is 2. The molecule has 0 unspecified atom stereocenters. The fourth-order valence-electron chi connectivity index (χ4n) is 3.25. The van der Waals surface area contributed by atoms with Gasteiger partial charge in [-0.2, -0.15) is 0 Å². The van der Waals surface area contributed by atoms with Crippen LogP contribution in [0.1, 0.15) is 25.6 Å². The number of aryl methyl sites for hydroxylation is 2. The molecule has 0 aliphatic heterocycles. The van der Waals surface area contributed by atoms with Gasteiger partial charge >= 0.3 is 5.69 Å². The molecule has 0 fully saturated rings. The van der Waals surface area contributed by atoms with Crippen LogP contribution >= 0.6 is 23.1 Å². The van der Waals surface area contributed by atoms with E-state index in [0.29, 0.717) is 34.4 Å². The van der Waals surface area contributed by atoms with Crippen LogP contribution in [-0.2, 0) is 19.3 Å². The van der Waals surface area contributed by atoms with Gasteiger partial charge in [-0.05, 0) is 18.6 Å². The Balaban J connectivity index is 1.54. The second-order valence-corrected chi connectivity index (χ2v) is 9.21. The van der Waals surface area contributed by atoms with Gasteiger partial charge in [-0.25, -0.2) is 9.78 Å². The molecule has 0 saturated heterocycles. The van der Waals surface area contributed by atoms with Crippen molar-refractivity contribution in [1.82, 2.24) is 29.3 Å². The summed E-state index contributed by atoms with van der Waals surface area (Å²) in [6.45, 7) is 2.56. The van der Waals surface area contributed by atoms with Crippen LogP contribution in [-0.4, -0.2) is 36.4 Å². The summed E-state index contributed by atoms with van der Waals surface area (Å²) in [6, 6.07) is 7.58. The minimum Gasteiger partial charge on any atom is -0.495 e.